The van der Waals surface area contributed by atoms with Crippen molar-refractivity contribution < 1.29 is 0 Å². The van der Waals surface area contributed by atoms with Crippen LogP contribution in [0.5, 0.6) is 0 Å². The summed E-state index contributed by atoms with van der Waals surface area (Å²) in [6, 6.07) is 11.0. The predicted octanol–water partition coefficient (Wildman–Crippen LogP) is 3.94. The molecule has 0 spiro atoms. The predicted molar refractivity (Wildman–Crippen MR) is 76.4 cm³/mol. The molecule has 0 amide bonds. The number of fused-ring (bicyclic) bond motifs is 1. The molecule has 1 aliphatic heterocycles. The maximum atomic E-state index is 2.46. The molecule has 17 heavy (non-hydrogen) atoms. The lowest BCUT2D eigenvalue weighted by Crippen LogP contribution is -2.22. The minimum absolute atomic E-state index is 0.552. The van der Waals surface area contributed by atoms with E-state index in [1.54, 1.807) is 5.56 Å². The van der Waals surface area contributed by atoms with Gasteiger partial charge in [0.25, 0.3) is 0 Å². The molecule has 3 rings (SSSR count). The van der Waals surface area contributed by atoms with Crippen molar-refractivity contribution in [3.8, 4) is 0 Å². The summed E-state index contributed by atoms with van der Waals surface area (Å²) in [5.41, 5.74) is 2.11. The van der Waals surface area contributed by atoms with E-state index in [0.29, 0.717) is 5.41 Å². The molecule has 2 unspecified atom stereocenters. The summed E-state index contributed by atoms with van der Waals surface area (Å²) in [6.07, 6.45) is 1.42. The summed E-state index contributed by atoms with van der Waals surface area (Å²) in [5, 5.41) is 0. The van der Waals surface area contributed by atoms with Gasteiger partial charge in [-0.25, -0.2) is 0 Å². The zero-order valence-electron chi connectivity index (χ0n) is 12.0. The average Bonchev–Trinajstić information content (AvgIpc) is 2.99. The quantitative estimate of drug-likeness (QED) is 0.710. The minimum atomic E-state index is 0.552. The average molecular weight is 233 g/mol. The molecule has 1 aliphatic carbocycles. The first-order valence-electron chi connectivity index (χ1n) is 7.05. The molecule has 2 aliphatic rings. The van der Waals surface area contributed by atoms with Crippen LogP contribution < -0.4 is 0 Å². The fraction of sp³-hybridized carbons (Fsp3) is 0.625. The molecule has 1 saturated heterocycles. The largest absolute Gasteiger partial charge is 0.305 e. The lowest BCUT2D eigenvalue weighted by Gasteiger charge is -2.16. The van der Waals surface area contributed by atoms with Crippen molar-refractivity contribution in [2.45, 2.75) is 39.5 Å². The first-order valence-corrected chi connectivity index (χ1v) is 7.05. The summed E-state index contributed by atoms with van der Waals surface area (Å²) in [5.74, 6) is 0.944. The van der Waals surface area contributed by atoms with E-state index < -0.39 is 0 Å². The van der Waals surface area contributed by atoms with Gasteiger partial charge >= 0.3 is 0 Å². The van der Waals surface area contributed by atoms with Gasteiger partial charge < -0.3 is 4.90 Å². The van der Waals surface area contributed by atoms with Crippen LogP contribution in [0.25, 0.3) is 0 Å². The van der Waals surface area contributed by atoms with Crippen LogP contribution in [0, 0.1) is 5.92 Å². The Morgan fingerprint density at radius 2 is 1.65 bits per heavy atom. The Morgan fingerprint density at radius 3 is 2.12 bits per heavy atom. The Balaban J connectivity index is 0.000000330. The smallest absolute Gasteiger partial charge is 0.0124 e. The Labute approximate surface area is 107 Å². The summed E-state index contributed by atoms with van der Waals surface area (Å²) in [7, 11) is 2.23. The third-order valence-electron chi connectivity index (χ3n) is 3.66. The second-order valence-corrected chi connectivity index (χ2v) is 4.62. The van der Waals surface area contributed by atoms with Crippen molar-refractivity contribution in [3.63, 3.8) is 0 Å². The molecule has 2 atom stereocenters. The van der Waals surface area contributed by atoms with E-state index in [4.69, 9.17) is 0 Å². The number of hydrogen-bond acceptors (Lipinski definition) is 1. The van der Waals surface area contributed by atoms with Crippen molar-refractivity contribution in [3.05, 3.63) is 35.9 Å². The van der Waals surface area contributed by atoms with Gasteiger partial charge in [-0.05, 0) is 24.9 Å². The molecule has 1 saturated carbocycles. The van der Waals surface area contributed by atoms with Crippen molar-refractivity contribution >= 4 is 0 Å². The van der Waals surface area contributed by atoms with E-state index in [-0.39, 0.29) is 0 Å². The van der Waals surface area contributed by atoms with Crippen LogP contribution in [0.4, 0.5) is 0 Å². The van der Waals surface area contributed by atoms with Gasteiger partial charge in [0.1, 0.15) is 0 Å². The first-order chi connectivity index (χ1) is 8.31. The lowest BCUT2D eigenvalue weighted by atomic mass is 9.95. The van der Waals surface area contributed by atoms with Gasteiger partial charge in [-0.1, -0.05) is 58.0 Å². The maximum absolute atomic E-state index is 2.46. The van der Waals surface area contributed by atoms with Gasteiger partial charge in [0, 0.05) is 18.5 Å². The number of hydrogen-bond donors (Lipinski definition) is 0. The van der Waals surface area contributed by atoms with Crippen molar-refractivity contribution in [2.24, 2.45) is 5.92 Å². The van der Waals surface area contributed by atoms with Crippen LogP contribution in [-0.4, -0.2) is 25.0 Å². The molecule has 1 aromatic carbocycles. The highest BCUT2D eigenvalue weighted by atomic mass is 15.2. The number of rotatable bonds is 1. The van der Waals surface area contributed by atoms with Gasteiger partial charge in [-0.2, -0.15) is 0 Å². The van der Waals surface area contributed by atoms with Crippen molar-refractivity contribution in [1.82, 2.24) is 4.90 Å². The fourth-order valence-electron chi connectivity index (χ4n) is 2.95. The first kappa shape index (κ1) is 14.2. The molecule has 1 aromatic rings. The Bertz CT molecular complexity index is 320. The van der Waals surface area contributed by atoms with E-state index in [2.05, 4.69) is 42.3 Å². The van der Waals surface area contributed by atoms with Crippen LogP contribution in [-0.2, 0) is 5.41 Å². The van der Waals surface area contributed by atoms with E-state index >= 15 is 0 Å². The standard InChI is InChI=1S/C12H15N.2C2H6/c1-13-8-11-7-12(11,9-13)10-5-3-2-4-6-10;2*1-2/h2-6,11H,7-9H2,1H3;2*1-2H3. The number of likely N-dealkylation sites (N-methyl/N-ethyl adjacent to an activating group) is 1. The summed E-state index contributed by atoms with van der Waals surface area (Å²) in [4.78, 5) is 2.46. The number of piperidine rings is 1. The molecule has 0 bridgehead atoms. The van der Waals surface area contributed by atoms with Crippen LogP contribution >= 0.6 is 0 Å². The Hall–Kier alpha value is -0.820. The van der Waals surface area contributed by atoms with Gasteiger partial charge in [-0.3, -0.25) is 0 Å². The zero-order valence-corrected chi connectivity index (χ0v) is 12.0. The molecule has 1 nitrogen and oxygen atoms in total. The number of nitrogens with zero attached hydrogens (tertiary/aromatic N) is 1. The third-order valence-corrected chi connectivity index (χ3v) is 3.66. The lowest BCUT2D eigenvalue weighted by molar-refractivity contribution is 0.363. The van der Waals surface area contributed by atoms with Gasteiger partial charge in [0.05, 0.1) is 0 Å². The highest BCUT2D eigenvalue weighted by Gasteiger charge is 2.59. The second kappa shape index (κ2) is 6.20. The van der Waals surface area contributed by atoms with E-state index in [0.717, 1.165) is 5.92 Å². The number of likely N-dealkylation sites (tertiary alicyclic amines) is 1. The highest BCUT2D eigenvalue weighted by molar-refractivity contribution is 5.36. The molecule has 96 valence electrons. The van der Waals surface area contributed by atoms with Crippen molar-refractivity contribution in [1.29, 1.82) is 0 Å². The molecule has 2 fully saturated rings. The molecule has 0 N–H and O–H groups in total. The molecule has 0 aromatic heterocycles. The maximum Gasteiger partial charge on any atom is 0.0124 e. The topological polar surface area (TPSA) is 3.24 Å². The van der Waals surface area contributed by atoms with Crippen LogP contribution in [0.1, 0.15) is 39.7 Å². The Kier molecular flexibility index (Phi) is 5.20. The second-order valence-electron chi connectivity index (χ2n) is 4.62. The van der Waals surface area contributed by atoms with Crippen LogP contribution in [0.15, 0.2) is 30.3 Å². The molecule has 1 heteroatoms. The van der Waals surface area contributed by atoms with Crippen molar-refractivity contribution in [2.75, 3.05) is 20.1 Å². The molecule has 1 heterocycles. The summed E-state index contributed by atoms with van der Waals surface area (Å²) >= 11 is 0. The normalized spacial score (nSPS) is 29.4. The molecular weight excluding hydrogens is 206 g/mol. The zero-order chi connectivity index (χ0) is 12.9. The van der Waals surface area contributed by atoms with Crippen LogP contribution in [0.3, 0.4) is 0 Å². The van der Waals surface area contributed by atoms with E-state index in [1.165, 1.54) is 19.5 Å². The van der Waals surface area contributed by atoms with E-state index in [1.807, 2.05) is 27.7 Å². The summed E-state index contributed by atoms with van der Waals surface area (Å²) < 4.78 is 0. The van der Waals surface area contributed by atoms with Gasteiger partial charge in [-0.15, -0.1) is 0 Å². The third kappa shape index (κ3) is 2.71. The van der Waals surface area contributed by atoms with Gasteiger partial charge in [0.2, 0.25) is 0 Å². The minimum Gasteiger partial charge on any atom is -0.305 e. The monoisotopic (exact) mass is 233 g/mol. The summed E-state index contributed by atoms with van der Waals surface area (Å²) in [6.45, 7) is 10.6. The SMILES string of the molecule is CC.CC.CN1CC2CC2(c2ccccc2)C1. The molecular formula is C16H27N. The van der Waals surface area contributed by atoms with Gasteiger partial charge in [0.15, 0.2) is 0 Å². The Morgan fingerprint density at radius 1 is 1.06 bits per heavy atom. The highest BCUT2D eigenvalue weighted by Crippen LogP contribution is 2.58. The van der Waals surface area contributed by atoms with Crippen LogP contribution in [0.2, 0.25) is 0 Å². The van der Waals surface area contributed by atoms with E-state index in [9.17, 15) is 0 Å². The molecule has 0 radical (unpaired) electrons. The number of benzene rings is 1. The fourth-order valence-corrected chi connectivity index (χ4v) is 2.95.